The van der Waals surface area contributed by atoms with Crippen molar-refractivity contribution in [2.75, 3.05) is 10.6 Å². The molecule has 0 spiro atoms. The second-order valence-electron chi connectivity index (χ2n) is 5.25. The number of rotatable bonds is 4. The molecule has 0 fully saturated rings. The van der Waals surface area contributed by atoms with E-state index < -0.39 is 0 Å². The highest BCUT2D eigenvalue weighted by Gasteiger charge is 2.10. The molecule has 21 heavy (non-hydrogen) atoms. The first-order valence-corrected chi connectivity index (χ1v) is 6.94. The molecule has 0 aliphatic heterocycles. The monoisotopic (exact) mass is 287 g/mol. The molecule has 1 atom stereocenters. The summed E-state index contributed by atoms with van der Waals surface area (Å²) in [6.07, 6.45) is 1.66. The number of carbonyl (C=O) groups excluding carboxylic acids is 1. The molecule has 1 unspecified atom stereocenters. The Morgan fingerprint density at radius 2 is 2.00 bits per heavy atom. The molecular weight excluding hydrogens is 266 g/mol. The van der Waals surface area contributed by atoms with Gasteiger partial charge in [0.2, 0.25) is 0 Å². The van der Waals surface area contributed by atoms with Gasteiger partial charge in [-0.15, -0.1) is 0 Å². The number of hydrogen-bond acceptors (Lipinski definition) is 3. The van der Waals surface area contributed by atoms with E-state index in [1.807, 2.05) is 45.0 Å². The summed E-state index contributed by atoms with van der Waals surface area (Å²) in [5.74, 6) is 0.658. The summed E-state index contributed by atoms with van der Waals surface area (Å²) in [5, 5.41) is 9.75. The number of nitrogens with zero attached hydrogens (tertiary/aromatic N) is 2. The third-order valence-corrected chi connectivity index (χ3v) is 3.07. The van der Waals surface area contributed by atoms with E-state index in [1.165, 1.54) is 0 Å². The number of carbonyl (C=O) groups is 1. The number of nitrogens with one attached hydrogen (secondary N) is 2. The van der Waals surface area contributed by atoms with Crippen molar-refractivity contribution in [3.05, 3.63) is 42.1 Å². The quantitative estimate of drug-likeness (QED) is 0.807. The summed E-state index contributed by atoms with van der Waals surface area (Å²) < 4.78 is 1.75. The minimum Gasteiger partial charge on any atom is -0.324 e. The van der Waals surface area contributed by atoms with Crippen molar-refractivity contribution in [3.8, 4) is 0 Å². The third-order valence-electron chi connectivity index (χ3n) is 3.07. The normalized spacial score (nSPS) is 12.2. The lowest BCUT2D eigenvalue weighted by Gasteiger charge is -2.13. The highest BCUT2D eigenvalue weighted by molar-refractivity contribution is 5.99. The zero-order valence-electron chi connectivity index (χ0n) is 12.5. The van der Waals surface area contributed by atoms with Crippen molar-refractivity contribution >= 4 is 17.5 Å². The number of nitrogens with two attached hydrogens (primary N) is 1. The number of urea groups is 1. The Labute approximate surface area is 124 Å². The van der Waals surface area contributed by atoms with Crippen molar-refractivity contribution in [1.29, 1.82) is 0 Å². The largest absolute Gasteiger partial charge is 0.324 e. The molecule has 0 saturated carbocycles. The fourth-order valence-electron chi connectivity index (χ4n) is 2.00. The van der Waals surface area contributed by atoms with Crippen LogP contribution in [0.15, 0.2) is 36.5 Å². The minimum absolute atomic E-state index is 0.0721. The molecule has 4 N–H and O–H groups in total. The topological polar surface area (TPSA) is 85.0 Å². The lowest BCUT2D eigenvalue weighted by atomic mass is 10.1. The average molecular weight is 287 g/mol. The number of aromatic nitrogens is 2. The Morgan fingerprint density at radius 1 is 1.24 bits per heavy atom. The summed E-state index contributed by atoms with van der Waals surface area (Å²) >= 11 is 0. The Balaban J connectivity index is 2.05. The first-order valence-electron chi connectivity index (χ1n) is 6.94. The van der Waals surface area contributed by atoms with E-state index in [1.54, 1.807) is 16.9 Å². The predicted octanol–water partition coefficient (Wildman–Crippen LogP) is 3.13. The maximum Gasteiger partial charge on any atom is 0.324 e. The van der Waals surface area contributed by atoms with Gasteiger partial charge in [-0.05, 0) is 38.5 Å². The van der Waals surface area contributed by atoms with E-state index in [9.17, 15) is 4.79 Å². The molecule has 1 heterocycles. The molecule has 0 saturated heterocycles. The van der Waals surface area contributed by atoms with Crippen molar-refractivity contribution in [3.63, 3.8) is 0 Å². The van der Waals surface area contributed by atoms with Gasteiger partial charge in [-0.2, -0.15) is 5.10 Å². The van der Waals surface area contributed by atoms with E-state index >= 15 is 0 Å². The molecule has 0 aliphatic carbocycles. The highest BCUT2D eigenvalue weighted by atomic mass is 16.2. The lowest BCUT2D eigenvalue weighted by Crippen LogP contribution is -2.22. The van der Waals surface area contributed by atoms with Crippen molar-refractivity contribution in [1.82, 2.24) is 9.78 Å². The summed E-state index contributed by atoms with van der Waals surface area (Å²) in [4.78, 5) is 12.0. The van der Waals surface area contributed by atoms with Gasteiger partial charge >= 0.3 is 6.03 Å². The van der Waals surface area contributed by atoms with Crippen LogP contribution in [0.3, 0.4) is 0 Å². The van der Waals surface area contributed by atoms with E-state index in [4.69, 9.17) is 5.73 Å². The molecule has 0 radical (unpaired) electrons. The van der Waals surface area contributed by atoms with Gasteiger partial charge in [-0.25, -0.2) is 9.48 Å². The van der Waals surface area contributed by atoms with Crippen LogP contribution in [0.4, 0.5) is 16.3 Å². The lowest BCUT2D eigenvalue weighted by molar-refractivity contribution is 0.262. The number of anilines is 2. The molecule has 1 aromatic carbocycles. The fourth-order valence-corrected chi connectivity index (χ4v) is 2.00. The van der Waals surface area contributed by atoms with Gasteiger partial charge in [0.1, 0.15) is 5.82 Å². The summed E-state index contributed by atoms with van der Waals surface area (Å²) in [6, 6.07) is 9.05. The molecule has 6 heteroatoms. The van der Waals surface area contributed by atoms with Crippen LogP contribution >= 0.6 is 0 Å². The van der Waals surface area contributed by atoms with Gasteiger partial charge < -0.3 is 11.1 Å². The van der Waals surface area contributed by atoms with Gasteiger partial charge in [0.25, 0.3) is 0 Å². The maximum absolute atomic E-state index is 12.0. The van der Waals surface area contributed by atoms with Crippen LogP contribution in [0.5, 0.6) is 0 Å². The van der Waals surface area contributed by atoms with Crippen LogP contribution in [0.25, 0.3) is 0 Å². The highest BCUT2D eigenvalue weighted by Crippen LogP contribution is 2.17. The molecule has 2 rings (SSSR count). The molecule has 6 nitrogen and oxygen atoms in total. The Morgan fingerprint density at radius 3 is 2.67 bits per heavy atom. The van der Waals surface area contributed by atoms with Crippen molar-refractivity contribution in [2.24, 2.45) is 5.73 Å². The maximum atomic E-state index is 12.0. The standard InChI is InChI=1S/C15H21N5O/c1-10(2)20-14(7-8-17-20)19-15(21)18-13-6-4-5-12(9-13)11(3)16/h4-11H,16H2,1-3H3,(H2,18,19,21). The van der Waals surface area contributed by atoms with E-state index in [0.29, 0.717) is 11.5 Å². The Bertz CT molecular complexity index is 618. The number of amides is 2. The smallest absolute Gasteiger partial charge is 0.324 e. The fraction of sp³-hybridized carbons (Fsp3) is 0.333. The third kappa shape index (κ3) is 3.82. The first kappa shape index (κ1) is 15.1. The van der Waals surface area contributed by atoms with E-state index in [-0.39, 0.29) is 18.1 Å². The van der Waals surface area contributed by atoms with Crippen LogP contribution in [-0.4, -0.2) is 15.8 Å². The zero-order valence-corrected chi connectivity index (χ0v) is 12.5. The Hall–Kier alpha value is -2.34. The average Bonchev–Trinajstić information content (AvgIpc) is 2.87. The molecule has 112 valence electrons. The van der Waals surface area contributed by atoms with Crippen LogP contribution in [0.2, 0.25) is 0 Å². The molecular formula is C15H21N5O. The predicted molar refractivity (Wildman–Crippen MR) is 84.3 cm³/mol. The van der Waals surface area contributed by atoms with E-state index in [0.717, 1.165) is 5.56 Å². The van der Waals surface area contributed by atoms with E-state index in [2.05, 4.69) is 15.7 Å². The number of benzene rings is 1. The summed E-state index contributed by atoms with van der Waals surface area (Å²) in [5.41, 5.74) is 7.51. The number of hydrogen-bond donors (Lipinski definition) is 3. The molecule has 0 aliphatic rings. The second kappa shape index (κ2) is 6.41. The summed E-state index contributed by atoms with van der Waals surface area (Å²) in [6.45, 7) is 5.91. The van der Waals surface area contributed by atoms with Crippen LogP contribution in [0, 0.1) is 0 Å². The minimum atomic E-state index is -0.306. The van der Waals surface area contributed by atoms with Gasteiger partial charge in [-0.1, -0.05) is 12.1 Å². The van der Waals surface area contributed by atoms with Crippen LogP contribution in [0.1, 0.15) is 38.4 Å². The van der Waals surface area contributed by atoms with Gasteiger partial charge in [0, 0.05) is 23.8 Å². The Kier molecular flexibility index (Phi) is 4.59. The second-order valence-corrected chi connectivity index (χ2v) is 5.25. The van der Waals surface area contributed by atoms with Crippen molar-refractivity contribution < 1.29 is 4.79 Å². The molecule has 2 aromatic rings. The van der Waals surface area contributed by atoms with Crippen LogP contribution in [-0.2, 0) is 0 Å². The molecule has 0 bridgehead atoms. The first-order chi connectivity index (χ1) is 9.97. The summed E-state index contributed by atoms with van der Waals surface area (Å²) in [7, 11) is 0. The van der Waals surface area contributed by atoms with Gasteiger partial charge in [0.15, 0.2) is 0 Å². The molecule has 1 aromatic heterocycles. The van der Waals surface area contributed by atoms with Crippen molar-refractivity contribution in [2.45, 2.75) is 32.9 Å². The zero-order chi connectivity index (χ0) is 15.4. The SMILES string of the molecule is CC(N)c1cccc(NC(=O)Nc2ccnn2C(C)C)c1. The van der Waals surface area contributed by atoms with Crippen LogP contribution < -0.4 is 16.4 Å². The van der Waals surface area contributed by atoms with Gasteiger partial charge in [0.05, 0.1) is 6.20 Å². The van der Waals surface area contributed by atoms with Gasteiger partial charge in [-0.3, -0.25) is 5.32 Å². The molecule has 2 amide bonds.